The van der Waals surface area contributed by atoms with Crippen molar-refractivity contribution in [3.05, 3.63) is 69.1 Å². The number of ether oxygens (including phenoxy) is 2. The summed E-state index contributed by atoms with van der Waals surface area (Å²) in [5, 5.41) is 50.9. The Balaban J connectivity index is 1.15. The second-order valence-electron chi connectivity index (χ2n) is 24.5. The topological polar surface area (TPSA) is 181 Å². The van der Waals surface area contributed by atoms with Crippen LogP contribution in [0.2, 0.25) is 0 Å². The first-order chi connectivity index (χ1) is 31.5. The van der Waals surface area contributed by atoms with E-state index in [0.29, 0.717) is 72.7 Å². The summed E-state index contributed by atoms with van der Waals surface area (Å²) >= 11 is 0. The third kappa shape index (κ3) is 3.46. The Morgan fingerprint density at radius 3 is 1.87 bits per heavy atom. The molecule has 10 atom stereocenters. The lowest BCUT2D eigenvalue weighted by molar-refractivity contribution is -0.371. The first kappa shape index (κ1) is 39.3. The van der Waals surface area contributed by atoms with Gasteiger partial charge in [-0.2, -0.15) is 9.48 Å². The van der Waals surface area contributed by atoms with E-state index in [2.05, 4.69) is 5.32 Å². The van der Waals surface area contributed by atoms with Crippen molar-refractivity contribution in [2.24, 2.45) is 28.6 Å². The zero-order valence-electron chi connectivity index (χ0n) is 39.0. The molecule has 0 radical (unpaired) electrons. The monoisotopic (exact) mass is 906 g/mol. The van der Waals surface area contributed by atoms with Crippen LogP contribution in [0.5, 0.6) is 11.5 Å². The molecule has 346 valence electrons. The molecule has 4 amide bonds. The van der Waals surface area contributed by atoms with Crippen molar-refractivity contribution in [1.29, 1.82) is 0 Å². The third-order valence-electron chi connectivity index (χ3n) is 20.3. The van der Waals surface area contributed by atoms with Gasteiger partial charge in [0.2, 0.25) is 34.8 Å². The van der Waals surface area contributed by atoms with Gasteiger partial charge in [0.15, 0.2) is 11.3 Å². The van der Waals surface area contributed by atoms with Crippen molar-refractivity contribution in [3.63, 3.8) is 0 Å². The van der Waals surface area contributed by atoms with Gasteiger partial charge in [-0.1, -0.05) is 0 Å². The summed E-state index contributed by atoms with van der Waals surface area (Å²) in [6.45, 7) is 16.1. The number of benzene rings is 2. The molecule has 67 heavy (non-hydrogen) atoms. The zero-order valence-corrected chi connectivity index (χ0v) is 39.0. The predicted octanol–water partition coefficient (Wildman–Crippen LogP) is 4.66. The van der Waals surface area contributed by atoms with Gasteiger partial charge in [0.05, 0.1) is 39.5 Å². The fraction of sp³-hybridized carbons (Fsp3) is 0.577. The Bertz CT molecular complexity index is 3090. The van der Waals surface area contributed by atoms with Crippen LogP contribution < -0.4 is 14.8 Å². The summed E-state index contributed by atoms with van der Waals surface area (Å²) in [5.74, 6) is -3.33. The quantitative estimate of drug-likeness (QED) is 0.281. The summed E-state index contributed by atoms with van der Waals surface area (Å²) < 4.78 is 14.9. The molecule has 15 heteroatoms. The van der Waals surface area contributed by atoms with Gasteiger partial charge >= 0.3 is 0 Å². The number of carbonyl (C=O) groups is 4. The molecule has 15 nitrogen and oxygen atoms in total. The molecule has 0 unspecified atom stereocenters. The largest absolute Gasteiger partial charge is 0.618 e. The number of carbonyl (C=O) groups excluding carboxylic acids is 4. The van der Waals surface area contributed by atoms with Crippen molar-refractivity contribution in [1.82, 2.24) is 20.0 Å². The van der Waals surface area contributed by atoms with Gasteiger partial charge in [-0.3, -0.25) is 19.2 Å². The maximum Gasteiger partial charge on any atom is 0.251 e. The van der Waals surface area contributed by atoms with E-state index >= 15 is 34.7 Å². The molecular formula is C52H54N6O9. The molecule has 5 spiro atoms. The standard InChI is InChI=1S/C52H54N6O9/c1-43(2)19-15-25-29(66-43)13-11-27-33(25)57(64)36-45(5,6)31-23-47-17-9-21-54(47)41(61)50(31,53-39(47)59)38-49(27,36)35-51-32(24-48(40(60)56(38)51)18-10-22-55(48)42(51)62)46(7,8)37-52(35,63)28-12-14-30-26(34(28)58(37)65)16-20-44(3,4)67-30/h11-16,19-20,31-32,35,38,63H,9-10,17-18,21-24H2,1-8H3,(H,53,59)/t31-,32-,35+,38-,47-,48-,49-,50+,51+,52-/m0/s1. The minimum Gasteiger partial charge on any atom is -0.618 e. The van der Waals surface area contributed by atoms with Crippen molar-refractivity contribution in [2.75, 3.05) is 13.1 Å². The van der Waals surface area contributed by atoms with Crippen LogP contribution in [0.4, 0.5) is 11.4 Å². The average molecular weight is 907 g/mol. The van der Waals surface area contributed by atoms with Gasteiger partial charge in [0.1, 0.15) is 50.3 Å². The van der Waals surface area contributed by atoms with E-state index in [1.807, 2.05) is 91.8 Å². The van der Waals surface area contributed by atoms with Crippen molar-refractivity contribution in [3.8, 4) is 11.5 Å². The first-order valence-electron chi connectivity index (χ1n) is 24.3. The molecule has 17 rings (SSSR count). The van der Waals surface area contributed by atoms with Crippen molar-refractivity contribution >= 4 is 58.6 Å². The minimum atomic E-state index is -2.35. The lowest BCUT2D eigenvalue weighted by atomic mass is 9.36. The number of fused-ring (bicyclic) bond motifs is 10. The molecule has 15 aliphatic rings. The van der Waals surface area contributed by atoms with Gasteiger partial charge in [-0.25, -0.2) is 0 Å². The maximum absolute atomic E-state index is 16.8. The highest BCUT2D eigenvalue weighted by Crippen LogP contribution is 2.81. The number of hydrogen-bond acceptors (Lipinski definition) is 9. The Morgan fingerprint density at radius 1 is 0.687 bits per heavy atom. The summed E-state index contributed by atoms with van der Waals surface area (Å²) in [6.07, 6.45) is 9.99. The van der Waals surface area contributed by atoms with Gasteiger partial charge < -0.3 is 45.0 Å². The SMILES string of the molecule is CC1(C)C=Cc2c(ccc3c2[N+]([O-])=C2C(C)(C)[C@@H]4C[C@]56CCCN5C(=O)[C@]4(NC6=O)[C@H]4N5C(=O)[C@@]67CCCN6C(=O)[C@@]56[C@@H]([C@]234)[C@]2(O)C(=[N+]([O-])c3c2ccc2c3C=CC(C)(C)O2)C(C)(C)[C@@H]6C7)O1. The first-order valence-corrected chi connectivity index (χ1v) is 24.3. The van der Waals surface area contributed by atoms with Crippen LogP contribution in [0.25, 0.3) is 12.2 Å². The van der Waals surface area contributed by atoms with E-state index in [1.165, 1.54) is 0 Å². The molecule has 0 aromatic heterocycles. The number of aliphatic hydroxyl groups is 1. The Labute approximate surface area is 387 Å². The van der Waals surface area contributed by atoms with E-state index < -0.39 is 79.0 Å². The summed E-state index contributed by atoms with van der Waals surface area (Å²) in [5.41, 5.74) is -11.9. The highest BCUT2D eigenvalue weighted by atomic mass is 16.5. The Kier molecular flexibility index (Phi) is 6.14. The molecule has 2 aromatic carbocycles. The molecule has 2 N–H and O–H groups in total. The molecule has 13 aliphatic heterocycles. The maximum atomic E-state index is 16.8. The van der Waals surface area contributed by atoms with E-state index in [1.54, 1.807) is 26.8 Å². The van der Waals surface area contributed by atoms with Crippen LogP contribution in [-0.4, -0.2) is 117 Å². The van der Waals surface area contributed by atoms with E-state index in [9.17, 15) is 0 Å². The highest BCUT2D eigenvalue weighted by Gasteiger charge is 2.99. The number of piperazine rings is 2. The summed E-state index contributed by atoms with van der Waals surface area (Å²) in [7, 11) is 0. The van der Waals surface area contributed by atoms with E-state index in [4.69, 9.17) is 9.47 Å². The third-order valence-corrected chi connectivity index (χ3v) is 20.3. The number of hydrogen-bond donors (Lipinski definition) is 2. The molecule has 13 heterocycles. The number of rotatable bonds is 0. The fourth-order valence-corrected chi connectivity index (χ4v) is 18.5. The zero-order chi connectivity index (χ0) is 46.7. The molecule has 2 aliphatic carbocycles. The number of amides is 4. The van der Waals surface area contributed by atoms with Gasteiger partial charge in [0, 0.05) is 30.5 Å². The smallest absolute Gasteiger partial charge is 0.251 e. The highest BCUT2D eigenvalue weighted by molar-refractivity contribution is 6.19. The Morgan fingerprint density at radius 2 is 1.22 bits per heavy atom. The Hall–Kier alpha value is -5.70. The fourth-order valence-electron chi connectivity index (χ4n) is 18.5. The lowest BCUT2D eigenvalue weighted by Crippen LogP contribution is -2.93. The van der Waals surface area contributed by atoms with Crippen LogP contribution >= 0.6 is 0 Å². The average Bonchev–Trinajstić information content (AvgIpc) is 4.05. The molecule has 4 bridgehead atoms. The van der Waals surface area contributed by atoms with Crippen LogP contribution in [0.1, 0.15) is 116 Å². The van der Waals surface area contributed by atoms with Crippen LogP contribution in [0, 0.1) is 39.0 Å². The van der Waals surface area contributed by atoms with Crippen molar-refractivity contribution < 1.29 is 43.2 Å². The van der Waals surface area contributed by atoms with Crippen LogP contribution in [0.15, 0.2) is 36.4 Å². The molecule has 2 aromatic rings. The van der Waals surface area contributed by atoms with Gasteiger partial charge in [-0.05, 0) is 142 Å². The lowest BCUT2D eigenvalue weighted by Gasteiger charge is -2.70. The molecule has 9 saturated heterocycles. The van der Waals surface area contributed by atoms with Crippen molar-refractivity contribution in [2.45, 2.75) is 144 Å². The van der Waals surface area contributed by atoms with Gasteiger partial charge in [0.25, 0.3) is 5.91 Å². The number of piperidine rings is 4. The van der Waals surface area contributed by atoms with Gasteiger partial charge in [-0.15, -0.1) is 0 Å². The molecule has 11 fully saturated rings. The summed E-state index contributed by atoms with van der Waals surface area (Å²) in [4.78, 5) is 70.2. The van der Waals surface area contributed by atoms with E-state index in [0.717, 1.165) is 9.48 Å². The molecule has 2 saturated carbocycles. The molecular weight excluding hydrogens is 853 g/mol. The minimum absolute atomic E-state index is 0.123. The number of nitrogens with zero attached hydrogens (tertiary/aromatic N) is 5. The second-order valence-corrected chi connectivity index (χ2v) is 24.5. The van der Waals surface area contributed by atoms with Crippen LogP contribution in [-0.2, 0) is 30.2 Å². The second kappa shape index (κ2) is 10.5. The summed E-state index contributed by atoms with van der Waals surface area (Å²) in [6, 6.07) is 5.76. The number of nitrogens with one attached hydrogen (secondary N) is 1. The predicted molar refractivity (Wildman–Crippen MR) is 241 cm³/mol. The van der Waals surface area contributed by atoms with E-state index in [-0.39, 0.29) is 59.1 Å². The normalized spacial score (nSPS) is 43.0. The van der Waals surface area contributed by atoms with Crippen LogP contribution in [0.3, 0.4) is 0 Å².